The van der Waals surface area contributed by atoms with E-state index in [1.54, 1.807) is 18.8 Å². The molecule has 1 aromatic heterocycles. The number of likely N-dealkylation sites (N-methyl/N-ethyl adjacent to an activating group) is 1. The number of hydrogen-bond acceptors (Lipinski definition) is 10. The van der Waals surface area contributed by atoms with Gasteiger partial charge in [-0.15, -0.1) is 11.8 Å². The van der Waals surface area contributed by atoms with Crippen LogP contribution in [0.15, 0.2) is 59.9 Å². The Hall–Kier alpha value is -3.63. The van der Waals surface area contributed by atoms with E-state index in [-0.39, 0.29) is 16.8 Å². The van der Waals surface area contributed by atoms with Crippen molar-refractivity contribution in [2.45, 2.75) is 12.2 Å². The molecule has 9 nitrogen and oxygen atoms in total. The summed E-state index contributed by atoms with van der Waals surface area (Å²) < 4.78 is 11.9. The Bertz CT molecular complexity index is 1170. The van der Waals surface area contributed by atoms with Crippen molar-refractivity contribution < 1.29 is 9.47 Å². The number of anilines is 2. The van der Waals surface area contributed by atoms with Gasteiger partial charge in [0.25, 0.3) is 0 Å². The molecule has 1 heterocycles. The van der Waals surface area contributed by atoms with Crippen LogP contribution in [0.25, 0.3) is 0 Å². The van der Waals surface area contributed by atoms with Crippen LogP contribution in [-0.2, 0) is 0 Å². The van der Waals surface area contributed by atoms with Gasteiger partial charge in [-0.3, -0.25) is 10.4 Å². The second-order valence-corrected chi connectivity index (χ2v) is 9.60. The summed E-state index contributed by atoms with van der Waals surface area (Å²) >= 11 is 1.62. The van der Waals surface area contributed by atoms with E-state index in [0.29, 0.717) is 41.6 Å². The maximum absolute atomic E-state index is 8.74. The van der Waals surface area contributed by atoms with Gasteiger partial charge < -0.3 is 25.4 Å². The third-order valence-electron chi connectivity index (χ3n) is 5.05. The number of benzene rings is 2. The molecule has 1 unspecified atom stereocenters. The summed E-state index contributed by atoms with van der Waals surface area (Å²) in [6.07, 6.45) is 1.40. The van der Waals surface area contributed by atoms with Crippen LogP contribution in [0.3, 0.4) is 0 Å². The van der Waals surface area contributed by atoms with Crippen molar-refractivity contribution in [2.24, 2.45) is 4.99 Å². The molecule has 0 bridgehead atoms. The highest BCUT2D eigenvalue weighted by Crippen LogP contribution is 2.27. The van der Waals surface area contributed by atoms with Crippen LogP contribution in [0.4, 0.5) is 11.6 Å². The molecule has 10 heteroatoms. The van der Waals surface area contributed by atoms with Gasteiger partial charge in [-0.1, -0.05) is 6.07 Å². The number of nitrogen functional groups attached to an aromatic ring is 1. The number of nitrogens with zero attached hydrogens (tertiary/aromatic N) is 4. The van der Waals surface area contributed by atoms with E-state index in [1.165, 1.54) is 6.33 Å². The summed E-state index contributed by atoms with van der Waals surface area (Å²) in [6.45, 7) is 4.14. The van der Waals surface area contributed by atoms with Crippen LogP contribution in [0.2, 0.25) is 0 Å². The summed E-state index contributed by atoms with van der Waals surface area (Å²) in [5.74, 6) is 2.85. The molecule has 0 aliphatic rings. The van der Waals surface area contributed by atoms with Crippen molar-refractivity contribution in [1.29, 1.82) is 5.41 Å². The van der Waals surface area contributed by atoms with Gasteiger partial charge in [0, 0.05) is 37.0 Å². The van der Waals surface area contributed by atoms with Gasteiger partial charge in [-0.05, 0) is 57.4 Å². The quantitative estimate of drug-likeness (QED) is 0.230. The Labute approximate surface area is 216 Å². The highest BCUT2D eigenvalue weighted by molar-refractivity contribution is 8.12. The first-order valence-corrected chi connectivity index (χ1v) is 12.5. The predicted octanol–water partition coefficient (Wildman–Crippen LogP) is 4.40. The van der Waals surface area contributed by atoms with Gasteiger partial charge in [0.15, 0.2) is 0 Å². The topological polar surface area (TPSA) is 122 Å². The number of ether oxygens (including phenoxy) is 2. The lowest BCUT2D eigenvalue weighted by Gasteiger charge is -2.15. The summed E-state index contributed by atoms with van der Waals surface area (Å²) in [6, 6.07) is 14.8. The van der Waals surface area contributed by atoms with Crippen molar-refractivity contribution in [3.05, 3.63) is 66.0 Å². The van der Waals surface area contributed by atoms with E-state index < -0.39 is 0 Å². The number of thioether (sulfide) groups is 1. The molecule has 0 saturated heterocycles. The van der Waals surface area contributed by atoms with Crippen LogP contribution >= 0.6 is 11.8 Å². The zero-order chi connectivity index (χ0) is 25.9. The van der Waals surface area contributed by atoms with Crippen molar-refractivity contribution in [2.75, 3.05) is 51.9 Å². The van der Waals surface area contributed by atoms with E-state index in [9.17, 15) is 0 Å². The maximum atomic E-state index is 8.74. The number of nitrogens with two attached hydrogens (primary N) is 1. The van der Waals surface area contributed by atoms with E-state index in [1.807, 2.05) is 68.2 Å². The molecule has 3 rings (SSSR count). The first-order valence-electron chi connectivity index (χ1n) is 11.5. The number of hydrogen-bond donors (Lipinski definition) is 3. The van der Waals surface area contributed by atoms with Crippen molar-refractivity contribution in [3.63, 3.8) is 0 Å². The number of aromatic nitrogens is 2. The third kappa shape index (κ3) is 7.96. The van der Waals surface area contributed by atoms with Gasteiger partial charge in [-0.25, -0.2) is 9.97 Å². The molecule has 190 valence electrons. The Morgan fingerprint density at radius 3 is 2.64 bits per heavy atom. The summed E-state index contributed by atoms with van der Waals surface area (Å²) in [4.78, 5) is 14.4. The minimum Gasteiger partial charge on any atom is -0.492 e. The fraction of sp³-hybridized carbons (Fsp3) is 0.308. The maximum Gasteiger partial charge on any atom is 0.141 e. The van der Waals surface area contributed by atoms with Crippen LogP contribution in [0.1, 0.15) is 18.1 Å². The van der Waals surface area contributed by atoms with Crippen molar-refractivity contribution in [3.8, 4) is 17.2 Å². The average Bonchev–Trinajstić information content (AvgIpc) is 2.86. The van der Waals surface area contributed by atoms with E-state index >= 15 is 0 Å². The lowest BCUT2D eigenvalue weighted by atomic mass is 10.0. The molecular weight excluding hydrogens is 474 g/mol. The number of aliphatic imine (C=N–C) groups is 1. The zero-order valence-corrected chi connectivity index (χ0v) is 21.9. The molecule has 1 atom stereocenters. The third-order valence-corrected chi connectivity index (χ3v) is 5.98. The molecule has 0 radical (unpaired) electrons. The monoisotopic (exact) mass is 507 g/mol. The molecule has 3 aromatic rings. The SMILES string of the molecule is CN=CSC(C)COc1cccc(Oc2ccc(C(=N)c3c(N)ncnc3NCCN(C)C)cc2)c1. The second kappa shape index (κ2) is 13.5. The Kier molecular flexibility index (Phi) is 10.1. The molecule has 4 N–H and O–H groups in total. The van der Waals surface area contributed by atoms with E-state index in [0.717, 1.165) is 12.3 Å². The van der Waals surface area contributed by atoms with Gasteiger partial charge >= 0.3 is 0 Å². The summed E-state index contributed by atoms with van der Waals surface area (Å²) in [5.41, 5.74) is 9.33. The standard InChI is InChI=1S/C26H33N7O2S/c1-18(36-17-29-2)15-34-21-6-5-7-22(14-21)35-20-10-8-19(9-11-20)24(27)23-25(28)31-16-32-26(23)30-12-13-33(3)4/h5-11,14,16-18,27H,12-13,15H2,1-4H3,(H3,28,30,31,32). The largest absolute Gasteiger partial charge is 0.492 e. The normalized spacial score (nSPS) is 12.0. The molecular formula is C26H33N7O2S. The van der Waals surface area contributed by atoms with E-state index in [4.69, 9.17) is 20.6 Å². The van der Waals surface area contributed by atoms with Crippen molar-refractivity contribution >= 4 is 34.7 Å². The smallest absolute Gasteiger partial charge is 0.141 e. The predicted molar refractivity (Wildman–Crippen MR) is 149 cm³/mol. The van der Waals surface area contributed by atoms with E-state index in [2.05, 4.69) is 32.1 Å². The van der Waals surface area contributed by atoms with Crippen LogP contribution < -0.4 is 20.5 Å². The summed E-state index contributed by atoms with van der Waals surface area (Å²) in [7, 11) is 5.75. The molecule has 0 spiro atoms. The highest BCUT2D eigenvalue weighted by atomic mass is 32.2. The van der Waals surface area contributed by atoms with Crippen LogP contribution in [-0.4, -0.2) is 72.2 Å². The molecule has 0 aliphatic carbocycles. The Morgan fingerprint density at radius 1 is 1.17 bits per heavy atom. The molecule has 0 amide bonds. The van der Waals surface area contributed by atoms with Crippen LogP contribution in [0, 0.1) is 5.41 Å². The fourth-order valence-electron chi connectivity index (χ4n) is 3.19. The Morgan fingerprint density at radius 2 is 1.92 bits per heavy atom. The molecule has 0 saturated carbocycles. The van der Waals surface area contributed by atoms with Crippen molar-refractivity contribution in [1.82, 2.24) is 14.9 Å². The highest BCUT2D eigenvalue weighted by Gasteiger charge is 2.16. The van der Waals surface area contributed by atoms with Gasteiger partial charge in [0.2, 0.25) is 0 Å². The number of nitrogens with one attached hydrogen (secondary N) is 2. The molecule has 0 aliphatic heterocycles. The van der Waals surface area contributed by atoms with Gasteiger partial charge in [0.1, 0.15) is 41.8 Å². The minimum atomic E-state index is 0.238. The minimum absolute atomic E-state index is 0.238. The average molecular weight is 508 g/mol. The summed E-state index contributed by atoms with van der Waals surface area (Å²) in [5, 5.41) is 12.3. The lowest BCUT2D eigenvalue weighted by Crippen LogP contribution is -2.22. The van der Waals surface area contributed by atoms with Gasteiger partial charge in [0.05, 0.1) is 16.8 Å². The zero-order valence-electron chi connectivity index (χ0n) is 21.1. The van der Waals surface area contributed by atoms with Gasteiger partial charge in [-0.2, -0.15) is 0 Å². The molecule has 2 aromatic carbocycles. The number of rotatable bonds is 13. The van der Waals surface area contributed by atoms with Crippen LogP contribution in [0.5, 0.6) is 17.2 Å². The Balaban J connectivity index is 1.66. The molecule has 36 heavy (non-hydrogen) atoms. The fourth-order valence-corrected chi connectivity index (χ4v) is 3.67. The first-order chi connectivity index (χ1) is 17.4. The first kappa shape index (κ1) is 27.0. The molecule has 0 fully saturated rings. The lowest BCUT2D eigenvalue weighted by molar-refractivity contribution is 0.321. The second-order valence-electron chi connectivity index (χ2n) is 8.31.